The predicted molar refractivity (Wildman–Crippen MR) is 112 cm³/mol. The summed E-state index contributed by atoms with van der Waals surface area (Å²) in [6.07, 6.45) is 7.34. The van der Waals surface area contributed by atoms with Crippen molar-refractivity contribution in [3.8, 4) is 17.0 Å². The van der Waals surface area contributed by atoms with Gasteiger partial charge in [-0.1, -0.05) is 19.9 Å². The number of rotatable bonds is 6. The van der Waals surface area contributed by atoms with E-state index in [0.717, 1.165) is 24.0 Å². The fourth-order valence-electron chi connectivity index (χ4n) is 2.82. The van der Waals surface area contributed by atoms with E-state index in [1.165, 1.54) is 11.3 Å². The zero-order valence-electron chi connectivity index (χ0n) is 15.6. The molecular weight excluding hydrogens is 374 g/mol. The molecule has 0 N–H and O–H groups in total. The second-order valence-electron chi connectivity index (χ2n) is 6.86. The molecule has 1 aliphatic rings. The van der Waals surface area contributed by atoms with Gasteiger partial charge in [-0.05, 0) is 30.0 Å². The van der Waals surface area contributed by atoms with E-state index in [1.807, 2.05) is 29.8 Å². The summed E-state index contributed by atoms with van der Waals surface area (Å²) in [5.41, 5.74) is 3.14. The minimum atomic E-state index is 0.141. The van der Waals surface area contributed by atoms with Crippen LogP contribution in [0.4, 0.5) is 5.82 Å². The van der Waals surface area contributed by atoms with E-state index < -0.39 is 0 Å². The summed E-state index contributed by atoms with van der Waals surface area (Å²) in [6, 6.07) is 3.79. The third kappa shape index (κ3) is 3.68. The molecule has 0 bridgehead atoms. The fraction of sp³-hybridized carbons (Fsp3) is 0.300. The van der Waals surface area contributed by atoms with Crippen molar-refractivity contribution in [3.63, 3.8) is 0 Å². The van der Waals surface area contributed by atoms with E-state index in [0.29, 0.717) is 40.1 Å². The molecule has 3 aromatic heterocycles. The van der Waals surface area contributed by atoms with Crippen LogP contribution in [0.5, 0.6) is 5.88 Å². The van der Waals surface area contributed by atoms with E-state index in [2.05, 4.69) is 39.0 Å². The summed E-state index contributed by atoms with van der Waals surface area (Å²) in [4.78, 5) is 29.1. The molecule has 1 aliphatic heterocycles. The third-order valence-electron chi connectivity index (χ3n) is 4.19. The molecule has 4 heterocycles. The van der Waals surface area contributed by atoms with Gasteiger partial charge in [0.2, 0.25) is 11.7 Å². The van der Waals surface area contributed by atoms with Crippen LogP contribution in [0, 0.1) is 10.8 Å². The molecule has 7 nitrogen and oxygen atoms in total. The van der Waals surface area contributed by atoms with Gasteiger partial charge in [-0.15, -0.1) is 16.2 Å². The first-order valence-electron chi connectivity index (χ1n) is 9.10. The van der Waals surface area contributed by atoms with Crippen molar-refractivity contribution in [2.45, 2.75) is 26.7 Å². The van der Waals surface area contributed by atoms with Crippen molar-refractivity contribution in [1.29, 1.82) is 0 Å². The number of ether oxygens (including phenoxy) is 1. The van der Waals surface area contributed by atoms with Gasteiger partial charge >= 0.3 is 0 Å². The van der Waals surface area contributed by atoms with E-state index in [4.69, 9.17) is 4.74 Å². The Kier molecular flexibility index (Phi) is 5.21. The fourth-order valence-corrected chi connectivity index (χ4v) is 3.76. The van der Waals surface area contributed by atoms with Crippen LogP contribution >= 0.6 is 11.3 Å². The Labute approximate surface area is 166 Å². The van der Waals surface area contributed by atoms with Crippen molar-refractivity contribution in [3.05, 3.63) is 40.5 Å². The number of fused-ring (bicyclic) bond motifs is 1. The molecule has 3 aromatic rings. The van der Waals surface area contributed by atoms with Crippen molar-refractivity contribution >= 4 is 39.3 Å². The standard InChI is InChI=1S/C20H19N5O2S/c1-12(2)10-27-16-7-6-13(9-22-16)14-11-28-18-17(14)23-19(24-20(18)25-26)15-5-3-4-8-21-15/h5-9,11-12H,3-4,10H2,1-2H3. The number of pyridine rings is 1. The number of nitroso groups, excluding NO2 is 1. The summed E-state index contributed by atoms with van der Waals surface area (Å²) < 4.78 is 6.31. The van der Waals surface area contributed by atoms with Crippen LogP contribution in [0.3, 0.4) is 0 Å². The lowest BCUT2D eigenvalue weighted by atomic mass is 10.1. The maximum atomic E-state index is 11.4. The van der Waals surface area contributed by atoms with Gasteiger partial charge in [-0.25, -0.2) is 15.0 Å². The first-order chi connectivity index (χ1) is 13.7. The molecule has 0 atom stereocenters. The highest BCUT2D eigenvalue weighted by Crippen LogP contribution is 2.38. The zero-order valence-corrected chi connectivity index (χ0v) is 16.4. The molecule has 4 rings (SSSR count). The van der Waals surface area contributed by atoms with Crippen molar-refractivity contribution in [1.82, 2.24) is 15.0 Å². The molecule has 28 heavy (non-hydrogen) atoms. The SMILES string of the molecule is CC(C)COc1ccc(-c2csc3c(N=O)nc(C4=CCCC=N4)nc23)cn1. The van der Waals surface area contributed by atoms with Crippen LogP contribution in [0.1, 0.15) is 32.5 Å². The van der Waals surface area contributed by atoms with Crippen molar-refractivity contribution in [2.75, 3.05) is 6.61 Å². The normalized spacial score (nSPS) is 13.8. The quantitative estimate of drug-likeness (QED) is 0.524. The summed E-state index contributed by atoms with van der Waals surface area (Å²) >= 11 is 1.40. The molecule has 0 unspecified atom stereocenters. The monoisotopic (exact) mass is 393 g/mol. The lowest BCUT2D eigenvalue weighted by molar-refractivity contribution is 0.261. The van der Waals surface area contributed by atoms with Gasteiger partial charge in [0.05, 0.1) is 12.1 Å². The Morgan fingerprint density at radius 1 is 1.25 bits per heavy atom. The van der Waals surface area contributed by atoms with E-state index in [9.17, 15) is 4.91 Å². The minimum absolute atomic E-state index is 0.141. The Bertz CT molecular complexity index is 1070. The van der Waals surface area contributed by atoms with Gasteiger partial charge in [-0.3, -0.25) is 4.99 Å². The summed E-state index contributed by atoms with van der Waals surface area (Å²) in [5, 5.41) is 5.06. The number of hydrogen-bond donors (Lipinski definition) is 0. The van der Waals surface area contributed by atoms with Gasteiger partial charge in [0.15, 0.2) is 5.82 Å². The van der Waals surface area contributed by atoms with Crippen LogP contribution in [0.15, 0.2) is 40.0 Å². The maximum Gasteiger partial charge on any atom is 0.218 e. The summed E-state index contributed by atoms with van der Waals surface area (Å²) in [5.74, 6) is 1.58. The average molecular weight is 393 g/mol. The average Bonchev–Trinajstić information content (AvgIpc) is 3.16. The molecule has 0 radical (unpaired) electrons. The minimum Gasteiger partial charge on any atom is -0.477 e. The molecular formula is C20H19N5O2S. The van der Waals surface area contributed by atoms with E-state index >= 15 is 0 Å². The van der Waals surface area contributed by atoms with E-state index in [1.54, 1.807) is 6.20 Å². The summed E-state index contributed by atoms with van der Waals surface area (Å²) in [7, 11) is 0. The zero-order chi connectivity index (χ0) is 19.5. The number of aromatic nitrogens is 3. The number of aliphatic imine (C=N–C) groups is 1. The number of hydrogen-bond acceptors (Lipinski definition) is 8. The lowest BCUT2D eigenvalue weighted by Crippen LogP contribution is -2.05. The van der Waals surface area contributed by atoms with Crippen LogP contribution in [0.25, 0.3) is 27.0 Å². The molecule has 0 fully saturated rings. The molecule has 8 heteroatoms. The first-order valence-corrected chi connectivity index (χ1v) is 9.98. The topological polar surface area (TPSA) is 89.7 Å². The predicted octanol–water partition coefficient (Wildman–Crippen LogP) is 5.39. The van der Waals surface area contributed by atoms with Gasteiger partial charge < -0.3 is 4.74 Å². The van der Waals surface area contributed by atoms with Crippen molar-refractivity contribution < 1.29 is 4.74 Å². The largest absolute Gasteiger partial charge is 0.477 e. The molecule has 0 aromatic carbocycles. The highest BCUT2D eigenvalue weighted by atomic mass is 32.1. The second-order valence-corrected chi connectivity index (χ2v) is 7.74. The lowest BCUT2D eigenvalue weighted by Gasteiger charge is -2.08. The van der Waals surface area contributed by atoms with E-state index in [-0.39, 0.29) is 5.82 Å². The Morgan fingerprint density at radius 3 is 2.82 bits per heavy atom. The second kappa shape index (κ2) is 7.93. The number of allylic oxidation sites excluding steroid dienone is 1. The van der Waals surface area contributed by atoms with Gasteiger partial charge in [0.25, 0.3) is 0 Å². The Balaban J connectivity index is 1.74. The molecule has 0 aliphatic carbocycles. The van der Waals surface area contributed by atoms with Gasteiger partial charge in [0, 0.05) is 35.0 Å². The molecule has 0 saturated heterocycles. The van der Waals surface area contributed by atoms with Crippen LogP contribution in [-0.2, 0) is 0 Å². The third-order valence-corrected chi connectivity index (χ3v) is 5.15. The first kappa shape index (κ1) is 18.4. The smallest absolute Gasteiger partial charge is 0.218 e. The summed E-state index contributed by atoms with van der Waals surface area (Å²) in [6.45, 7) is 4.80. The van der Waals surface area contributed by atoms with Crippen molar-refractivity contribution in [2.24, 2.45) is 16.1 Å². The molecule has 142 valence electrons. The highest BCUT2D eigenvalue weighted by molar-refractivity contribution is 7.18. The Morgan fingerprint density at radius 2 is 2.14 bits per heavy atom. The molecule has 0 amide bonds. The highest BCUT2D eigenvalue weighted by Gasteiger charge is 2.18. The van der Waals surface area contributed by atoms with Gasteiger partial charge in [0.1, 0.15) is 10.4 Å². The van der Waals surface area contributed by atoms with Gasteiger partial charge in [-0.2, -0.15) is 0 Å². The van der Waals surface area contributed by atoms with Crippen LogP contribution in [-0.4, -0.2) is 27.8 Å². The molecule has 0 spiro atoms. The van der Waals surface area contributed by atoms with Crippen LogP contribution in [0.2, 0.25) is 0 Å². The van der Waals surface area contributed by atoms with Crippen LogP contribution < -0.4 is 4.74 Å². The number of nitrogens with zero attached hydrogens (tertiary/aromatic N) is 5. The Hall–Kier alpha value is -3.00. The number of thiophene rings is 1. The maximum absolute atomic E-state index is 11.4. The molecule has 0 saturated carbocycles.